The first-order chi connectivity index (χ1) is 13.6. The normalized spacial score (nSPS) is 13.1. The number of benzene rings is 1. The van der Waals surface area contributed by atoms with Crippen molar-refractivity contribution in [1.29, 1.82) is 0 Å². The van der Waals surface area contributed by atoms with Gasteiger partial charge in [-0.15, -0.1) is 10.2 Å². The van der Waals surface area contributed by atoms with Crippen LogP contribution < -0.4 is 10.6 Å². The first-order valence-electron chi connectivity index (χ1n) is 9.23. The van der Waals surface area contributed by atoms with Gasteiger partial charge in [0.1, 0.15) is 5.76 Å². The number of nitrogens with zero attached hydrogens (tertiary/aromatic N) is 2. The molecule has 0 saturated heterocycles. The maximum atomic E-state index is 12.7. The molecule has 0 bridgehead atoms. The highest BCUT2D eigenvalue weighted by molar-refractivity contribution is 8.02. The Morgan fingerprint density at radius 2 is 2.04 bits per heavy atom. The highest BCUT2D eigenvalue weighted by atomic mass is 32.2. The van der Waals surface area contributed by atoms with E-state index in [4.69, 9.17) is 4.42 Å². The Labute approximate surface area is 173 Å². The molecule has 0 aliphatic rings. The number of carbonyl (C=O) groups is 1. The van der Waals surface area contributed by atoms with Crippen LogP contribution in [-0.2, 0) is 11.3 Å². The Hall–Kier alpha value is -2.32. The molecule has 28 heavy (non-hydrogen) atoms. The van der Waals surface area contributed by atoms with Crippen LogP contribution in [0.5, 0.6) is 0 Å². The van der Waals surface area contributed by atoms with Crippen molar-refractivity contribution in [2.24, 2.45) is 0 Å². The van der Waals surface area contributed by atoms with Crippen molar-refractivity contribution in [3.63, 3.8) is 0 Å². The van der Waals surface area contributed by atoms with Gasteiger partial charge in [0.25, 0.3) is 0 Å². The lowest BCUT2D eigenvalue weighted by Gasteiger charge is -2.17. The lowest BCUT2D eigenvalue weighted by atomic mass is 9.97. The van der Waals surface area contributed by atoms with Crippen LogP contribution >= 0.6 is 23.1 Å². The van der Waals surface area contributed by atoms with Crippen LogP contribution in [0.1, 0.15) is 44.4 Å². The minimum atomic E-state index is -0.282. The molecule has 148 valence electrons. The third-order valence-corrected chi connectivity index (χ3v) is 6.47. The van der Waals surface area contributed by atoms with Crippen LogP contribution in [0.2, 0.25) is 0 Å². The zero-order valence-corrected chi connectivity index (χ0v) is 17.8. The van der Waals surface area contributed by atoms with Crippen molar-refractivity contribution >= 4 is 39.8 Å². The molecule has 0 spiro atoms. The van der Waals surface area contributed by atoms with Crippen molar-refractivity contribution in [2.75, 3.05) is 10.6 Å². The maximum Gasteiger partial charge on any atom is 0.237 e. The third kappa shape index (κ3) is 5.36. The quantitative estimate of drug-likeness (QED) is 0.456. The number of hydrogen-bond donors (Lipinski definition) is 2. The molecule has 2 atom stereocenters. The summed E-state index contributed by atoms with van der Waals surface area (Å²) in [6.45, 7) is 6.74. The van der Waals surface area contributed by atoms with Gasteiger partial charge in [0.2, 0.25) is 11.0 Å². The minimum Gasteiger partial charge on any atom is -0.467 e. The molecule has 0 saturated carbocycles. The van der Waals surface area contributed by atoms with E-state index in [1.807, 2.05) is 37.3 Å². The van der Waals surface area contributed by atoms with E-state index in [2.05, 4.69) is 40.7 Å². The lowest BCUT2D eigenvalue weighted by molar-refractivity contribution is -0.115. The average molecular weight is 417 g/mol. The predicted octanol–water partition coefficient (Wildman–Crippen LogP) is 5.38. The summed E-state index contributed by atoms with van der Waals surface area (Å²) in [6, 6.07) is 11.7. The van der Waals surface area contributed by atoms with Gasteiger partial charge in [-0.3, -0.25) is 4.79 Å². The maximum absolute atomic E-state index is 12.7. The number of amides is 1. The fourth-order valence-corrected chi connectivity index (χ4v) is 4.50. The van der Waals surface area contributed by atoms with E-state index in [1.54, 1.807) is 6.26 Å². The molecule has 0 radical (unpaired) electrons. The van der Waals surface area contributed by atoms with Crippen LogP contribution in [0.25, 0.3) is 0 Å². The number of rotatable bonds is 9. The Morgan fingerprint density at radius 3 is 2.79 bits per heavy atom. The van der Waals surface area contributed by atoms with E-state index in [0.717, 1.165) is 27.8 Å². The van der Waals surface area contributed by atoms with Crippen molar-refractivity contribution in [2.45, 2.75) is 49.2 Å². The average Bonchev–Trinajstić information content (AvgIpc) is 3.38. The van der Waals surface area contributed by atoms with E-state index in [9.17, 15) is 4.79 Å². The minimum absolute atomic E-state index is 0.0407. The molecule has 0 fully saturated rings. The molecule has 1 aromatic carbocycles. The molecule has 6 nitrogen and oxygen atoms in total. The van der Waals surface area contributed by atoms with E-state index in [0.29, 0.717) is 17.6 Å². The van der Waals surface area contributed by atoms with Gasteiger partial charge in [-0.2, -0.15) is 0 Å². The molecule has 0 unspecified atom stereocenters. The summed E-state index contributed by atoms with van der Waals surface area (Å²) in [5.74, 6) is 1.18. The molecule has 3 aromatic rings. The van der Waals surface area contributed by atoms with E-state index in [1.165, 1.54) is 23.1 Å². The molecule has 2 heterocycles. The Kier molecular flexibility index (Phi) is 7.11. The largest absolute Gasteiger partial charge is 0.467 e. The molecule has 8 heteroatoms. The fraction of sp³-hybridized carbons (Fsp3) is 0.350. The van der Waals surface area contributed by atoms with Crippen LogP contribution in [-0.4, -0.2) is 21.4 Å². The summed E-state index contributed by atoms with van der Waals surface area (Å²) >= 11 is 2.83. The van der Waals surface area contributed by atoms with Gasteiger partial charge in [-0.1, -0.05) is 55.1 Å². The molecule has 0 aliphatic heterocycles. The zero-order valence-electron chi connectivity index (χ0n) is 16.1. The van der Waals surface area contributed by atoms with Gasteiger partial charge >= 0.3 is 0 Å². The first-order valence-corrected chi connectivity index (χ1v) is 10.9. The summed E-state index contributed by atoms with van der Waals surface area (Å²) in [4.78, 5) is 12.7. The van der Waals surface area contributed by atoms with Gasteiger partial charge < -0.3 is 15.1 Å². The number of thioether (sulfide) groups is 1. The monoisotopic (exact) mass is 416 g/mol. The number of furan rings is 1. The highest BCUT2D eigenvalue weighted by Crippen LogP contribution is 2.31. The van der Waals surface area contributed by atoms with Crippen molar-refractivity contribution in [1.82, 2.24) is 10.2 Å². The summed E-state index contributed by atoms with van der Waals surface area (Å²) in [5, 5.41) is 14.9. The summed E-state index contributed by atoms with van der Waals surface area (Å²) in [5.41, 5.74) is 2.04. The molecule has 0 aliphatic carbocycles. The SMILES string of the molecule is CC[C@@H](C)c1ccccc1NC(=O)[C@@H](C)Sc1nnc(NCc2ccco2)s1. The number of anilines is 2. The topological polar surface area (TPSA) is 80.0 Å². The second-order valence-corrected chi connectivity index (χ2v) is 9.02. The predicted molar refractivity (Wildman–Crippen MR) is 115 cm³/mol. The van der Waals surface area contributed by atoms with Crippen LogP contribution in [0, 0.1) is 0 Å². The first kappa shape index (κ1) is 20.4. The van der Waals surface area contributed by atoms with E-state index >= 15 is 0 Å². The van der Waals surface area contributed by atoms with Crippen LogP contribution in [0.3, 0.4) is 0 Å². The summed E-state index contributed by atoms with van der Waals surface area (Å²) in [7, 11) is 0. The van der Waals surface area contributed by atoms with Crippen molar-refractivity contribution in [3.8, 4) is 0 Å². The number of nitrogens with one attached hydrogen (secondary N) is 2. The van der Waals surface area contributed by atoms with Crippen molar-refractivity contribution in [3.05, 3.63) is 54.0 Å². The van der Waals surface area contributed by atoms with Gasteiger partial charge in [-0.25, -0.2) is 0 Å². The molecule has 3 rings (SSSR count). The fourth-order valence-electron chi connectivity index (χ4n) is 2.60. The number of hydrogen-bond acceptors (Lipinski definition) is 7. The Balaban J connectivity index is 1.56. The molecular weight excluding hydrogens is 392 g/mol. The van der Waals surface area contributed by atoms with Gasteiger partial charge in [-0.05, 0) is 43.0 Å². The van der Waals surface area contributed by atoms with Gasteiger partial charge in [0, 0.05) is 5.69 Å². The van der Waals surface area contributed by atoms with Crippen LogP contribution in [0.4, 0.5) is 10.8 Å². The smallest absolute Gasteiger partial charge is 0.237 e. The second-order valence-electron chi connectivity index (χ2n) is 6.45. The van der Waals surface area contributed by atoms with Gasteiger partial charge in [0.15, 0.2) is 4.34 Å². The number of aromatic nitrogens is 2. The summed E-state index contributed by atoms with van der Waals surface area (Å²) < 4.78 is 6.03. The van der Waals surface area contributed by atoms with Crippen LogP contribution in [0.15, 0.2) is 51.4 Å². The second kappa shape index (κ2) is 9.75. The van der Waals surface area contributed by atoms with Crippen molar-refractivity contribution < 1.29 is 9.21 Å². The zero-order chi connectivity index (χ0) is 19.9. The Morgan fingerprint density at radius 1 is 1.21 bits per heavy atom. The molecule has 2 N–H and O–H groups in total. The van der Waals surface area contributed by atoms with E-state index in [-0.39, 0.29) is 11.2 Å². The molecule has 1 amide bonds. The van der Waals surface area contributed by atoms with Gasteiger partial charge in [0.05, 0.1) is 18.1 Å². The standard InChI is InChI=1S/C20H24N4O2S2/c1-4-13(2)16-9-5-6-10-17(16)22-18(25)14(3)27-20-24-23-19(28-20)21-12-15-8-7-11-26-15/h5-11,13-14H,4,12H2,1-3H3,(H,21,23)(H,22,25)/t13-,14-/m1/s1. The number of carbonyl (C=O) groups excluding carboxylic acids is 1. The third-order valence-electron chi connectivity index (χ3n) is 4.41. The summed E-state index contributed by atoms with van der Waals surface area (Å²) in [6.07, 6.45) is 2.66. The molecule has 2 aromatic heterocycles. The molecular formula is C20H24N4O2S2. The number of para-hydroxylation sites is 1. The Bertz CT molecular complexity index is 895. The van der Waals surface area contributed by atoms with E-state index < -0.39 is 0 Å². The lowest BCUT2D eigenvalue weighted by Crippen LogP contribution is -2.23. The highest BCUT2D eigenvalue weighted by Gasteiger charge is 2.19.